The standard InChI is InChI=1S/C53H79N9O11S/c1-10-33(6)47(59-50(69)42-26-32(5)21-24-60(42)9)52(70)61(11-2)41(31(3)4)29-43(73-35(8)63)51-58-40(30-74-51)49(68)56-38(27-34(7)53(71)72)28-36-15-17-37(18-16-36)55-48(67)39(14-12-13-23-54)57-44(64)22-25-62-45(65)19-20-46(62)66/h15-20,30-34,38-39,41-43,47H,10-14,21-29,54H2,1-9H3,(H,55,67)(H,56,68)(H,57,64)(H,59,69)(H,71,72)/t32-,33+,34+,38?,39+,41-,42-,43-,47+/m1/s1. The number of likely N-dealkylation sites (tertiary alicyclic amines) is 1. The van der Waals surface area contributed by atoms with E-state index in [4.69, 9.17) is 10.5 Å². The van der Waals surface area contributed by atoms with Gasteiger partial charge in [-0.15, -0.1) is 11.3 Å². The van der Waals surface area contributed by atoms with E-state index < -0.39 is 77.7 Å². The molecule has 9 atom stereocenters. The Kier molecular flexibility index (Phi) is 23.8. The van der Waals surface area contributed by atoms with E-state index in [-0.39, 0.29) is 67.6 Å². The summed E-state index contributed by atoms with van der Waals surface area (Å²) in [5, 5.41) is 23.3. The van der Waals surface area contributed by atoms with Crippen LogP contribution in [0.25, 0.3) is 0 Å². The number of likely N-dealkylation sites (N-methyl/N-ethyl adjacent to an activating group) is 2. The molecule has 2 aromatic rings. The van der Waals surface area contributed by atoms with Crippen LogP contribution in [0, 0.1) is 23.7 Å². The molecule has 1 unspecified atom stereocenters. The Morgan fingerprint density at radius 2 is 1.64 bits per heavy atom. The number of esters is 1. The Morgan fingerprint density at radius 1 is 0.959 bits per heavy atom. The number of unbranched alkanes of at least 4 members (excludes halogenated alkanes) is 1. The van der Waals surface area contributed by atoms with Crippen molar-refractivity contribution in [3.05, 3.63) is 58.1 Å². The average Bonchev–Trinajstić information content (AvgIpc) is 3.98. The molecule has 0 aliphatic carbocycles. The molecule has 3 heterocycles. The first-order valence-electron chi connectivity index (χ1n) is 26.0. The lowest BCUT2D eigenvalue weighted by Crippen LogP contribution is -2.59. The van der Waals surface area contributed by atoms with Gasteiger partial charge in [0.25, 0.3) is 17.7 Å². The molecule has 2 aliphatic heterocycles. The van der Waals surface area contributed by atoms with Crippen LogP contribution in [0.2, 0.25) is 0 Å². The van der Waals surface area contributed by atoms with Gasteiger partial charge in [-0.05, 0) is 107 Å². The van der Waals surface area contributed by atoms with Crippen LogP contribution in [0.5, 0.6) is 0 Å². The number of benzene rings is 1. The number of carboxylic acids is 1. The van der Waals surface area contributed by atoms with Crippen LogP contribution >= 0.6 is 11.3 Å². The molecule has 0 saturated carbocycles. The van der Waals surface area contributed by atoms with Gasteiger partial charge in [0, 0.05) is 68.2 Å². The normalized spacial score (nSPS) is 18.7. The van der Waals surface area contributed by atoms with Crippen LogP contribution < -0.4 is 27.0 Å². The van der Waals surface area contributed by atoms with E-state index in [0.717, 1.165) is 41.4 Å². The Hall–Kier alpha value is -6.06. The maximum Gasteiger partial charge on any atom is 0.306 e. The fourth-order valence-corrected chi connectivity index (χ4v) is 10.1. The first-order valence-corrected chi connectivity index (χ1v) is 26.8. The molecule has 1 aromatic heterocycles. The number of carbonyl (C=O) groups is 9. The number of nitrogens with two attached hydrogens (primary N) is 1. The fourth-order valence-electron chi connectivity index (χ4n) is 9.26. The molecule has 21 heteroatoms. The summed E-state index contributed by atoms with van der Waals surface area (Å²) >= 11 is 1.12. The number of hydrogen-bond acceptors (Lipinski definition) is 14. The second-order valence-electron chi connectivity index (χ2n) is 20.2. The number of amides is 7. The molecule has 2 aliphatic rings. The number of nitrogens with one attached hydrogen (secondary N) is 4. The van der Waals surface area contributed by atoms with Crippen LogP contribution in [-0.2, 0) is 49.5 Å². The number of piperidine rings is 1. The Bertz CT molecular complexity index is 2290. The summed E-state index contributed by atoms with van der Waals surface area (Å²) in [7, 11) is 1.93. The largest absolute Gasteiger partial charge is 0.481 e. The molecule has 7 amide bonds. The highest BCUT2D eigenvalue weighted by atomic mass is 32.1. The van der Waals surface area contributed by atoms with Gasteiger partial charge in [-0.3, -0.25) is 53.0 Å². The first kappa shape index (κ1) is 60.5. The topological polar surface area (TPSA) is 280 Å². The van der Waals surface area contributed by atoms with Crippen molar-refractivity contribution in [1.29, 1.82) is 0 Å². The third kappa shape index (κ3) is 17.8. The molecule has 0 spiro atoms. The van der Waals surface area contributed by atoms with Crippen LogP contribution in [0.15, 0.2) is 41.8 Å². The van der Waals surface area contributed by atoms with E-state index in [0.29, 0.717) is 67.4 Å². The minimum absolute atomic E-state index is 0.0300. The van der Waals surface area contributed by atoms with Crippen LogP contribution in [-0.4, -0.2) is 142 Å². The number of carboxylic acid groups (broad SMARTS) is 1. The zero-order chi connectivity index (χ0) is 54.8. The Morgan fingerprint density at radius 3 is 2.23 bits per heavy atom. The maximum absolute atomic E-state index is 14.6. The lowest BCUT2D eigenvalue weighted by molar-refractivity contribution is -0.150. The third-order valence-electron chi connectivity index (χ3n) is 14.0. The predicted molar refractivity (Wildman–Crippen MR) is 280 cm³/mol. The van der Waals surface area contributed by atoms with Crippen molar-refractivity contribution in [2.24, 2.45) is 29.4 Å². The van der Waals surface area contributed by atoms with Gasteiger partial charge < -0.3 is 41.7 Å². The van der Waals surface area contributed by atoms with Gasteiger partial charge in [0.2, 0.25) is 23.6 Å². The molecule has 1 saturated heterocycles. The van der Waals surface area contributed by atoms with E-state index in [1.807, 2.05) is 46.6 Å². The zero-order valence-electron chi connectivity index (χ0n) is 44.5. The van der Waals surface area contributed by atoms with Crippen LogP contribution in [0.1, 0.15) is 140 Å². The van der Waals surface area contributed by atoms with Crippen molar-refractivity contribution in [2.45, 2.75) is 156 Å². The smallest absolute Gasteiger partial charge is 0.306 e. The zero-order valence-corrected chi connectivity index (χ0v) is 45.3. The van der Waals surface area contributed by atoms with Gasteiger partial charge >= 0.3 is 11.9 Å². The van der Waals surface area contributed by atoms with Crippen molar-refractivity contribution in [3.63, 3.8) is 0 Å². The van der Waals surface area contributed by atoms with Crippen molar-refractivity contribution in [1.82, 2.24) is 35.6 Å². The van der Waals surface area contributed by atoms with E-state index in [1.54, 1.807) is 41.5 Å². The summed E-state index contributed by atoms with van der Waals surface area (Å²) in [4.78, 5) is 127. The van der Waals surface area contributed by atoms with E-state index >= 15 is 0 Å². The van der Waals surface area contributed by atoms with Gasteiger partial charge in [-0.1, -0.05) is 60.1 Å². The molecule has 4 rings (SSSR count). The number of thiazole rings is 1. The molecule has 74 heavy (non-hydrogen) atoms. The predicted octanol–water partition coefficient (Wildman–Crippen LogP) is 4.59. The van der Waals surface area contributed by atoms with Gasteiger partial charge in [0.1, 0.15) is 22.8 Å². The summed E-state index contributed by atoms with van der Waals surface area (Å²) in [6.45, 7) is 16.1. The van der Waals surface area contributed by atoms with Crippen molar-refractivity contribution in [2.75, 3.05) is 38.5 Å². The highest BCUT2D eigenvalue weighted by Gasteiger charge is 2.39. The van der Waals surface area contributed by atoms with Crippen LogP contribution in [0.3, 0.4) is 0 Å². The number of imide groups is 1. The maximum atomic E-state index is 14.6. The number of anilines is 1. The lowest BCUT2D eigenvalue weighted by atomic mass is 9.90. The number of aromatic nitrogens is 1. The Balaban J connectivity index is 1.48. The Labute approximate surface area is 439 Å². The second kappa shape index (κ2) is 29.1. The highest BCUT2D eigenvalue weighted by molar-refractivity contribution is 7.09. The quantitative estimate of drug-likeness (QED) is 0.0370. The number of carbonyl (C=O) groups excluding carboxylic acids is 8. The number of rotatable bonds is 29. The summed E-state index contributed by atoms with van der Waals surface area (Å²) < 4.78 is 5.86. The molecule has 1 aromatic carbocycles. The van der Waals surface area contributed by atoms with Crippen LogP contribution in [0.4, 0.5) is 5.69 Å². The summed E-state index contributed by atoms with van der Waals surface area (Å²) in [5.41, 5.74) is 6.83. The second-order valence-corrected chi connectivity index (χ2v) is 21.1. The molecule has 7 N–H and O–H groups in total. The average molecular weight is 1050 g/mol. The molecule has 20 nitrogen and oxygen atoms in total. The minimum Gasteiger partial charge on any atom is -0.481 e. The monoisotopic (exact) mass is 1050 g/mol. The molecule has 408 valence electrons. The SMILES string of the molecule is CC[C@H](C)[C@H](NC(=O)[C@H]1C[C@H](C)CCN1C)C(=O)N(CC)[C@H](C[C@@H](OC(C)=O)c1nc(C(=O)NC(Cc2ccc(NC(=O)[C@H](CCCCN)NC(=O)CCN3C(=O)C=CC3=O)cc2)C[C@H](C)C(=O)O)cs1)C(C)C. The van der Waals surface area contributed by atoms with Gasteiger partial charge in [0.15, 0.2) is 6.10 Å². The minimum atomic E-state index is -1.05. The molecule has 0 radical (unpaired) electrons. The lowest BCUT2D eigenvalue weighted by Gasteiger charge is -2.40. The van der Waals surface area contributed by atoms with E-state index in [1.165, 1.54) is 6.92 Å². The van der Waals surface area contributed by atoms with Gasteiger partial charge in [-0.2, -0.15) is 0 Å². The molecular formula is C53H79N9O11S. The van der Waals surface area contributed by atoms with Crippen molar-refractivity contribution < 1.29 is 53.0 Å². The molecule has 0 bridgehead atoms. The third-order valence-corrected chi connectivity index (χ3v) is 14.9. The highest BCUT2D eigenvalue weighted by Crippen LogP contribution is 2.32. The number of aliphatic carboxylic acids is 1. The fraction of sp³-hybridized carbons (Fsp3) is 0.623. The first-order chi connectivity index (χ1) is 35.1. The molecular weight excluding hydrogens is 971 g/mol. The van der Waals surface area contributed by atoms with Gasteiger partial charge in [0.05, 0.1) is 12.0 Å². The summed E-state index contributed by atoms with van der Waals surface area (Å²) in [6, 6.07) is 3.58. The van der Waals surface area contributed by atoms with E-state index in [2.05, 4.69) is 33.2 Å². The van der Waals surface area contributed by atoms with Gasteiger partial charge in [-0.25, -0.2) is 4.98 Å². The molecule has 1 fully saturated rings. The summed E-state index contributed by atoms with van der Waals surface area (Å²) in [5.74, 6) is -5.35. The number of nitrogens with zero attached hydrogens (tertiary/aromatic N) is 4. The number of hydrogen-bond donors (Lipinski definition) is 6. The van der Waals surface area contributed by atoms with Crippen molar-refractivity contribution >= 4 is 70.3 Å². The summed E-state index contributed by atoms with van der Waals surface area (Å²) in [6.07, 6.45) is 5.40. The van der Waals surface area contributed by atoms with E-state index in [9.17, 15) is 48.3 Å². The number of ether oxygens (including phenoxy) is 1. The van der Waals surface area contributed by atoms with Crippen molar-refractivity contribution in [3.8, 4) is 0 Å².